The van der Waals surface area contributed by atoms with E-state index < -0.39 is 11.5 Å². The van der Waals surface area contributed by atoms with Gasteiger partial charge < -0.3 is 15.2 Å². The predicted molar refractivity (Wildman–Crippen MR) is 95.2 cm³/mol. The molecule has 0 radical (unpaired) electrons. The first kappa shape index (κ1) is 17.4. The van der Waals surface area contributed by atoms with Gasteiger partial charge in [-0.05, 0) is 36.2 Å². The normalized spacial score (nSPS) is 12.4. The first-order valence-corrected chi connectivity index (χ1v) is 7.79. The van der Waals surface area contributed by atoms with Crippen molar-refractivity contribution >= 4 is 11.7 Å². The molecule has 0 fully saturated rings. The molecule has 0 aromatic heterocycles. The number of hydrogen-bond acceptors (Lipinski definition) is 3. The number of carboxylic acid groups (broad SMARTS) is 1. The summed E-state index contributed by atoms with van der Waals surface area (Å²) in [6, 6.07) is 16.9. The number of carbonyl (C=O) groups is 1. The van der Waals surface area contributed by atoms with E-state index in [1.54, 1.807) is 31.4 Å². The molecule has 0 aliphatic carbocycles. The van der Waals surface area contributed by atoms with Crippen molar-refractivity contribution in [3.63, 3.8) is 0 Å². The Kier molecular flexibility index (Phi) is 5.86. The van der Waals surface area contributed by atoms with Crippen LogP contribution in [0.3, 0.4) is 0 Å². The number of methoxy groups -OCH3 is 1. The lowest BCUT2D eigenvalue weighted by Crippen LogP contribution is -2.44. The van der Waals surface area contributed by atoms with Crippen LogP contribution in [-0.4, -0.2) is 23.7 Å². The first-order chi connectivity index (χ1) is 11.6. The van der Waals surface area contributed by atoms with Crippen molar-refractivity contribution in [1.82, 2.24) is 0 Å². The van der Waals surface area contributed by atoms with Crippen molar-refractivity contribution in [3.05, 3.63) is 60.2 Å². The maximum atomic E-state index is 11.8. The summed E-state index contributed by atoms with van der Waals surface area (Å²) in [6.07, 6.45) is 0.857. The molecular formula is C20H21NO3. The molecule has 4 nitrogen and oxygen atoms in total. The molecule has 0 bridgehead atoms. The summed E-state index contributed by atoms with van der Waals surface area (Å²) in [5, 5.41) is 12.7. The monoisotopic (exact) mass is 323 g/mol. The lowest BCUT2D eigenvalue weighted by molar-refractivity contribution is -0.140. The minimum absolute atomic E-state index is 0.343. The average molecular weight is 323 g/mol. The lowest BCUT2D eigenvalue weighted by atomic mass is 9.95. The molecule has 0 saturated carbocycles. The molecular weight excluding hydrogens is 302 g/mol. The Morgan fingerprint density at radius 1 is 1.17 bits per heavy atom. The molecule has 1 unspecified atom stereocenters. The standard InChI is InChI=1S/C20H21NO3/c1-3-20(19(22)23,15-7-10-16-8-5-4-6-9-16)21-17-11-13-18(24-2)14-12-17/h4-6,8-9,11-14,21H,3,10H2,1-2H3,(H,22,23). The van der Waals surface area contributed by atoms with Crippen molar-refractivity contribution in [2.75, 3.05) is 12.4 Å². The van der Waals surface area contributed by atoms with Crippen molar-refractivity contribution in [2.45, 2.75) is 25.3 Å². The number of rotatable bonds is 6. The summed E-state index contributed by atoms with van der Waals surface area (Å²) in [5.74, 6) is 5.65. The first-order valence-electron chi connectivity index (χ1n) is 7.79. The maximum absolute atomic E-state index is 11.8. The Morgan fingerprint density at radius 3 is 2.38 bits per heavy atom. The fourth-order valence-electron chi connectivity index (χ4n) is 2.28. The molecule has 1 atom stereocenters. The van der Waals surface area contributed by atoms with Crippen molar-refractivity contribution in [1.29, 1.82) is 0 Å². The molecule has 0 amide bonds. The van der Waals surface area contributed by atoms with Gasteiger partial charge in [-0.1, -0.05) is 49.1 Å². The van der Waals surface area contributed by atoms with E-state index in [1.165, 1.54) is 0 Å². The number of aliphatic carboxylic acids is 1. The molecule has 24 heavy (non-hydrogen) atoms. The highest BCUT2D eigenvalue weighted by Gasteiger charge is 2.34. The van der Waals surface area contributed by atoms with Gasteiger partial charge in [0, 0.05) is 12.1 Å². The highest BCUT2D eigenvalue weighted by atomic mass is 16.5. The van der Waals surface area contributed by atoms with E-state index >= 15 is 0 Å². The summed E-state index contributed by atoms with van der Waals surface area (Å²) in [6.45, 7) is 1.81. The van der Waals surface area contributed by atoms with E-state index in [4.69, 9.17) is 4.74 Å². The number of nitrogens with one attached hydrogen (secondary N) is 1. The van der Waals surface area contributed by atoms with Gasteiger partial charge in [0.15, 0.2) is 5.54 Å². The van der Waals surface area contributed by atoms with Crippen LogP contribution in [0.25, 0.3) is 0 Å². The number of anilines is 1. The van der Waals surface area contributed by atoms with Gasteiger partial charge in [-0.3, -0.25) is 0 Å². The minimum atomic E-state index is -1.32. The van der Waals surface area contributed by atoms with Crippen LogP contribution >= 0.6 is 0 Å². The third-order valence-corrected chi connectivity index (χ3v) is 3.78. The SMILES string of the molecule is CCC(C#CCc1ccccc1)(Nc1ccc(OC)cc1)C(=O)O. The van der Waals surface area contributed by atoms with Crippen LogP contribution < -0.4 is 10.1 Å². The van der Waals surface area contributed by atoms with Crippen molar-refractivity contribution in [2.24, 2.45) is 0 Å². The topological polar surface area (TPSA) is 58.6 Å². The fourth-order valence-corrected chi connectivity index (χ4v) is 2.28. The number of hydrogen-bond donors (Lipinski definition) is 2. The zero-order chi connectivity index (χ0) is 17.4. The molecule has 2 aromatic carbocycles. The van der Waals surface area contributed by atoms with E-state index in [-0.39, 0.29) is 0 Å². The second-order valence-electron chi connectivity index (χ2n) is 5.38. The Morgan fingerprint density at radius 2 is 1.83 bits per heavy atom. The largest absolute Gasteiger partial charge is 0.497 e. The van der Waals surface area contributed by atoms with Crippen LogP contribution in [0.5, 0.6) is 5.75 Å². The van der Waals surface area contributed by atoms with Crippen molar-refractivity contribution in [3.8, 4) is 17.6 Å². The van der Waals surface area contributed by atoms with E-state index in [0.29, 0.717) is 24.3 Å². The van der Waals surface area contributed by atoms with E-state index in [2.05, 4.69) is 17.2 Å². The third kappa shape index (κ3) is 4.30. The van der Waals surface area contributed by atoms with Gasteiger partial charge in [-0.2, -0.15) is 0 Å². The summed E-state index contributed by atoms with van der Waals surface area (Å²) in [7, 11) is 1.59. The Bertz CT molecular complexity index is 729. The highest BCUT2D eigenvalue weighted by molar-refractivity contribution is 5.87. The molecule has 0 saturated heterocycles. The smallest absolute Gasteiger partial charge is 0.342 e. The Labute approximate surface area is 142 Å². The van der Waals surface area contributed by atoms with Gasteiger partial charge in [0.25, 0.3) is 0 Å². The number of ether oxygens (including phenoxy) is 1. The number of carboxylic acids is 1. The molecule has 0 aliphatic rings. The Balaban J connectivity index is 2.21. The molecule has 4 heteroatoms. The van der Waals surface area contributed by atoms with Gasteiger partial charge in [-0.15, -0.1) is 0 Å². The van der Waals surface area contributed by atoms with Crippen LogP contribution in [0.1, 0.15) is 18.9 Å². The molecule has 2 N–H and O–H groups in total. The van der Waals surface area contributed by atoms with Crippen LogP contribution in [0, 0.1) is 11.8 Å². The van der Waals surface area contributed by atoms with Gasteiger partial charge >= 0.3 is 5.97 Å². The second-order valence-corrected chi connectivity index (χ2v) is 5.38. The van der Waals surface area contributed by atoms with Crippen LogP contribution in [0.15, 0.2) is 54.6 Å². The van der Waals surface area contributed by atoms with Crippen LogP contribution in [0.4, 0.5) is 5.69 Å². The quantitative estimate of drug-likeness (QED) is 0.798. The molecule has 2 rings (SSSR count). The predicted octanol–water partition coefficient (Wildman–Crippen LogP) is 3.59. The molecule has 0 aliphatic heterocycles. The number of benzene rings is 2. The van der Waals surface area contributed by atoms with Gasteiger partial charge in [0.05, 0.1) is 7.11 Å². The van der Waals surface area contributed by atoms with Crippen LogP contribution in [0.2, 0.25) is 0 Å². The lowest BCUT2D eigenvalue weighted by Gasteiger charge is -2.25. The second kappa shape index (κ2) is 8.07. The van der Waals surface area contributed by atoms with Gasteiger partial charge in [0.1, 0.15) is 5.75 Å². The van der Waals surface area contributed by atoms with Crippen LogP contribution in [-0.2, 0) is 11.2 Å². The Hall–Kier alpha value is -2.93. The molecule has 124 valence electrons. The van der Waals surface area contributed by atoms with E-state index in [1.807, 2.05) is 37.3 Å². The summed E-state index contributed by atoms with van der Waals surface area (Å²) < 4.78 is 5.11. The highest BCUT2D eigenvalue weighted by Crippen LogP contribution is 2.21. The van der Waals surface area contributed by atoms with Gasteiger partial charge in [-0.25, -0.2) is 4.79 Å². The minimum Gasteiger partial charge on any atom is -0.497 e. The fraction of sp³-hybridized carbons (Fsp3) is 0.250. The molecule has 0 heterocycles. The molecule has 0 spiro atoms. The zero-order valence-corrected chi connectivity index (χ0v) is 13.9. The summed E-state index contributed by atoms with van der Waals surface area (Å²) in [4.78, 5) is 11.8. The van der Waals surface area contributed by atoms with E-state index in [0.717, 1.165) is 5.56 Å². The average Bonchev–Trinajstić information content (AvgIpc) is 2.62. The zero-order valence-electron chi connectivity index (χ0n) is 13.9. The third-order valence-electron chi connectivity index (χ3n) is 3.78. The van der Waals surface area contributed by atoms with Crippen molar-refractivity contribution < 1.29 is 14.6 Å². The summed E-state index contributed by atoms with van der Waals surface area (Å²) >= 11 is 0. The summed E-state index contributed by atoms with van der Waals surface area (Å²) in [5.41, 5.74) is 0.433. The van der Waals surface area contributed by atoms with Gasteiger partial charge in [0.2, 0.25) is 0 Å². The maximum Gasteiger partial charge on any atom is 0.342 e. The molecule has 2 aromatic rings. The van der Waals surface area contributed by atoms with E-state index in [9.17, 15) is 9.90 Å².